The normalized spacial score (nSPS) is 15.4. The highest BCUT2D eigenvalue weighted by Crippen LogP contribution is 2.29. The van der Waals surface area contributed by atoms with E-state index in [1.54, 1.807) is 0 Å². The van der Waals surface area contributed by atoms with E-state index < -0.39 is 18.8 Å². The minimum absolute atomic E-state index is 0.00624. The molecule has 72 valence electrons. The van der Waals surface area contributed by atoms with Crippen molar-refractivity contribution >= 4 is 0 Å². The largest absolute Gasteiger partial charge is 0.395 e. The van der Waals surface area contributed by atoms with Gasteiger partial charge < -0.3 is 0 Å². The van der Waals surface area contributed by atoms with Crippen LogP contribution in [0.25, 0.3) is 0 Å². The third-order valence-electron chi connectivity index (χ3n) is 1.50. The van der Waals surface area contributed by atoms with Crippen molar-refractivity contribution in [2.75, 3.05) is 6.67 Å². The fourth-order valence-corrected chi connectivity index (χ4v) is 0.800. The Morgan fingerprint density at radius 1 is 1.33 bits per heavy atom. The Balaban J connectivity index is 4.00. The first-order chi connectivity index (χ1) is 5.52. The average molecular weight is 184 g/mol. The number of allylic oxidation sites excluding steroid dienone is 2. The Labute approximate surface area is 69.3 Å². The Bertz CT molecular complexity index is 136. The van der Waals surface area contributed by atoms with Gasteiger partial charge in [-0.05, 0) is 12.8 Å². The second-order valence-electron chi connectivity index (χ2n) is 2.46. The molecule has 12 heavy (non-hydrogen) atoms. The predicted molar refractivity (Wildman–Crippen MR) is 39.6 cm³/mol. The maximum atomic E-state index is 12.0. The lowest BCUT2D eigenvalue weighted by Gasteiger charge is -2.13. The fourth-order valence-electron chi connectivity index (χ4n) is 0.800. The molecule has 0 rings (SSSR count). The van der Waals surface area contributed by atoms with Gasteiger partial charge in [-0.25, -0.2) is 0 Å². The fraction of sp³-hybridized carbons (Fsp3) is 0.750. The van der Waals surface area contributed by atoms with Crippen LogP contribution in [0.4, 0.5) is 17.6 Å². The lowest BCUT2D eigenvalue weighted by atomic mass is 10.1. The van der Waals surface area contributed by atoms with Gasteiger partial charge in [0, 0.05) is 0 Å². The van der Waals surface area contributed by atoms with Crippen LogP contribution in [0.15, 0.2) is 12.2 Å². The Morgan fingerprint density at radius 2 is 1.92 bits per heavy atom. The van der Waals surface area contributed by atoms with Crippen LogP contribution in [0.1, 0.15) is 19.8 Å². The molecule has 0 amide bonds. The van der Waals surface area contributed by atoms with Crippen molar-refractivity contribution in [1.29, 1.82) is 0 Å². The van der Waals surface area contributed by atoms with E-state index in [1.165, 1.54) is 13.0 Å². The summed E-state index contributed by atoms with van der Waals surface area (Å²) >= 11 is 0. The SMILES string of the molecule is CCC(C=CCCF)C(F)(F)F. The first-order valence-corrected chi connectivity index (χ1v) is 3.81. The summed E-state index contributed by atoms with van der Waals surface area (Å²) in [5, 5.41) is 0. The van der Waals surface area contributed by atoms with Gasteiger partial charge in [-0.2, -0.15) is 13.2 Å². The number of hydrogen-bond acceptors (Lipinski definition) is 0. The summed E-state index contributed by atoms with van der Waals surface area (Å²) in [6, 6.07) is 0. The zero-order valence-corrected chi connectivity index (χ0v) is 6.87. The van der Waals surface area contributed by atoms with E-state index in [4.69, 9.17) is 0 Å². The van der Waals surface area contributed by atoms with Gasteiger partial charge in [-0.1, -0.05) is 19.1 Å². The van der Waals surface area contributed by atoms with Crippen LogP contribution in [0.2, 0.25) is 0 Å². The van der Waals surface area contributed by atoms with E-state index in [-0.39, 0.29) is 12.8 Å². The van der Waals surface area contributed by atoms with Gasteiger partial charge in [0.25, 0.3) is 0 Å². The predicted octanol–water partition coefficient (Wildman–Crippen LogP) is 3.49. The van der Waals surface area contributed by atoms with E-state index >= 15 is 0 Å². The van der Waals surface area contributed by atoms with E-state index in [1.807, 2.05) is 0 Å². The molecule has 0 fully saturated rings. The number of rotatable bonds is 4. The minimum atomic E-state index is -4.19. The molecule has 1 atom stereocenters. The summed E-state index contributed by atoms with van der Waals surface area (Å²) < 4.78 is 47.5. The molecule has 0 radical (unpaired) electrons. The van der Waals surface area contributed by atoms with Crippen molar-refractivity contribution in [2.24, 2.45) is 5.92 Å². The molecular weight excluding hydrogens is 172 g/mol. The van der Waals surface area contributed by atoms with E-state index in [0.29, 0.717) is 0 Å². The molecule has 0 aromatic carbocycles. The molecular formula is C8H12F4. The molecule has 0 N–H and O–H groups in total. The Kier molecular flexibility index (Phi) is 4.93. The molecule has 0 heterocycles. The van der Waals surface area contributed by atoms with Gasteiger partial charge >= 0.3 is 6.18 Å². The van der Waals surface area contributed by atoms with Crippen molar-refractivity contribution in [3.63, 3.8) is 0 Å². The third-order valence-corrected chi connectivity index (χ3v) is 1.50. The van der Waals surface area contributed by atoms with Crippen LogP contribution in [-0.4, -0.2) is 12.9 Å². The molecule has 0 aliphatic heterocycles. The topological polar surface area (TPSA) is 0 Å². The van der Waals surface area contributed by atoms with Gasteiger partial charge in [-0.3, -0.25) is 4.39 Å². The highest BCUT2D eigenvalue weighted by Gasteiger charge is 2.35. The number of halogens is 4. The highest BCUT2D eigenvalue weighted by molar-refractivity contribution is 4.91. The van der Waals surface area contributed by atoms with E-state index in [0.717, 1.165) is 6.08 Å². The van der Waals surface area contributed by atoms with E-state index in [9.17, 15) is 17.6 Å². The zero-order valence-electron chi connectivity index (χ0n) is 6.87. The van der Waals surface area contributed by atoms with Crippen LogP contribution in [0, 0.1) is 5.92 Å². The van der Waals surface area contributed by atoms with Crippen molar-refractivity contribution < 1.29 is 17.6 Å². The number of alkyl halides is 4. The van der Waals surface area contributed by atoms with Crippen molar-refractivity contribution in [1.82, 2.24) is 0 Å². The van der Waals surface area contributed by atoms with Gasteiger partial charge in [-0.15, -0.1) is 0 Å². The standard InChI is InChI=1S/C8H12F4/c1-2-7(8(10,11)12)5-3-4-6-9/h3,5,7H,2,4,6H2,1H3. The highest BCUT2D eigenvalue weighted by atomic mass is 19.4. The molecule has 0 saturated heterocycles. The van der Waals surface area contributed by atoms with Crippen molar-refractivity contribution in [3.05, 3.63) is 12.2 Å². The van der Waals surface area contributed by atoms with Gasteiger partial charge in [0.15, 0.2) is 0 Å². The molecule has 0 bridgehead atoms. The lowest BCUT2D eigenvalue weighted by Crippen LogP contribution is -2.19. The first-order valence-electron chi connectivity index (χ1n) is 3.81. The minimum Gasteiger partial charge on any atom is -0.251 e. The molecule has 0 nitrogen and oxygen atoms in total. The molecule has 0 aromatic heterocycles. The maximum Gasteiger partial charge on any atom is 0.395 e. The summed E-state index contributed by atoms with van der Waals surface area (Å²) in [7, 11) is 0. The second-order valence-corrected chi connectivity index (χ2v) is 2.46. The van der Waals surface area contributed by atoms with Crippen LogP contribution < -0.4 is 0 Å². The molecule has 0 aliphatic rings. The second kappa shape index (κ2) is 5.17. The van der Waals surface area contributed by atoms with Gasteiger partial charge in [0.05, 0.1) is 12.6 Å². The Morgan fingerprint density at radius 3 is 2.25 bits per heavy atom. The maximum absolute atomic E-state index is 12.0. The summed E-state index contributed by atoms with van der Waals surface area (Å²) in [5.41, 5.74) is 0. The summed E-state index contributed by atoms with van der Waals surface area (Å²) in [6.07, 6.45) is -1.86. The average Bonchev–Trinajstić information content (AvgIpc) is 1.95. The van der Waals surface area contributed by atoms with Crippen molar-refractivity contribution in [2.45, 2.75) is 25.9 Å². The third kappa shape index (κ3) is 4.36. The number of hydrogen-bond donors (Lipinski definition) is 0. The Hall–Kier alpha value is -0.540. The monoisotopic (exact) mass is 184 g/mol. The van der Waals surface area contributed by atoms with Crippen LogP contribution >= 0.6 is 0 Å². The van der Waals surface area contributed by atoms with Gasteiger partial charge in [0.1, 0.15) is 0 Å². The van der Waals surface area contributed by atoms with Crippen LogP contribution in [0.3, 0.4) is 0 Å². The summed E-state index contributed by atoms with van der Waals surface area (Å²) in [5.74, 6) is -1.43. The molecule has 0 aliphatic carbocycles. The van der Waals surface area contributed by atoms with Gasteiger partial charge in [0.2, 0.25) is 0 Å². The van der Waals surface area contributed by atoms with Crippen LogP contribution in [0.5, 0.6) is 0 Å². The van der Waals surface area contributed by atoms with Crippen LogP contribution in [-0.2, 0) is 0 Å². The zero-order chi connectivity index (χ0) is 9.61. The smallest absolute Gasteiger partial charge is 0.251 e. The first kappa shape index (κ1) is 11.5. The summed E-state index contributed by atoms with van der Waals surface area (Å²) in [4.78, 5) is 0. The summed E-state index contributed by atoms with van der Waals surface area (Å²) in [6.45, 7) is 0.850. The molecule has 0 spiro atoms. The quantitative estimate of drug-likeness (QED) is 0.463. The van der Waals surface area contributed by atoms with E-state index in [2.05, 4.69) is 0 Å². The molecule has 0 saturated carbocycles. The molecule has 4 heteroatoms. The molecule has 0 aromatic rings. The van der Waals surface area contributed by atoms with Crippen molar-refractivity contribution in [3.8, 4) is 0 Å². The molecule has 1 unspecified atom stereocenters. The lowest BCUT2D eigenvalue weighted by molar-refractivity contribution is -0.161.